The van der Waals surface area contributed by atoms with Crippen molar-refractivity contribution in [2.45, 2.75) is 13.1 Å². The van der Waals surface area contributed by atoms with Gasteiger partial charge in [0, 0.05) is 11.6 Å². The van der Waals surface area contributed by atoms with Gasteiger partial charge in [-0.15, -0.1) is 0 Å². The molecule has 1 aliphatic rings. The molecule has 2 heterocycles. The van der Waals surface area contributed by atoms with Crippen LogP contribution in [0.4, 0.5) is 11.8 Å². The van der Waals surface area contributed by atoms with Crippen LogP contribution >= 0.6 is 23.2 Å². The van der Waals surface area contributed by atoms with Crippen molar-refractivity contribution in [2.75, 3.05) is 11.5 Å². The first kappa shape index (κ1) is 15.6. The molecular weight excluding hydrogens is 337 g/mol. The molecule has 0 saturated carbocycles. The van der Waals surface area contributed by atoms with Gasteiger partial charge in [0.2, 0.25) is 11.9 Å². The topological polar surface area (TPSA) is 98.1 Å². The predicted molar refractivity (Wildman–Crippen MR) is 90.6 cm³/mol. The Bertz CT molecular complexity index is 822. The van der Waals surface area contributed by atoms with Crippen LogP contribution in [-0.4, -0.2) is 20.8 Å². The summed E-state index contributed by atoms with van der Waals surface area (Å²) in [5.74, 6) is 0.269. The Labute approximate surface area is 142 Å². The number of nitrogens with zero attached hydrogens (tertiary/aromatic N) is 3. The number of halogens is 2. The second-order valence-electron chi connectivity index (χ2n) is 5.09. The first-order valence-electron chi connectivity index (χ1n) is 6.77. The number of rotatable bonds is 2. The smallest absolute Gasteiger partial charge is 0.247 e. The molecule has 1 aromatic carbocycles. The summed E-state index contributed by atoms with van der Waals surface area (Å²) in [6, 6.07) is 5.15. The van der Waals surface area contributed by atoms with Gasteiger partial charge < -0.3 is 16.4 Å². The highest BCUT2D eigenvalue weighted by Crippen LogP contribution is 2.26. The highest BCUT2D eigenvalue weighted by atomic mass is 35.5. The Kier molecular flexibility index (Phi) is 4.11. The van der Waals surface area contributed by atoms with Crippen LogP contribution in [0.2, 0.25) is 10.0 Å². The van der Waals surface area contributed by atoms with Crippen molar-refractivity contribution in [3.8, 4) is 0 Å². The molecular formula is C15H13Cl2N5O. The van der Waals surface area contributed by atoms with Crippen molar-refractivity contribution in [3.63, 3.8) is 0 Å². The molecule has 0 bridgehead atoms. The van der Waals surface area contributed by atoms with E-state index in [-0.39, 0.29) is 11.9 Å². The highest BCUT2D eigenvalue weighted by Gasteiger charge is 2.26. The van der Waals surface area contributed by atoms with Gasteiger partial charge in [0.1, 0.15) is 5.82 Å². The fourth-order valence-corrected chi connectivity index (χ4v) is 2.65. The zero-order chi connectivity index (χ0) is 16.6. The number of nitrogen functional groups attached to an aromatic ring is 2. The summed E-state index contributed by atoms with van der Waals surface area (Å²) in [5.41, 5.74) is 13.6. The number of anilines is 2. The summed E-state index contributed by atoms with van der Waals surface area (Å²) in [4.78, 5) is 21.9. The molecule has 1 aliphatic heterocycles. The third-order valence-corrected chi connectivity index (χ3v) is 4.24. The molecule has 0 saturated heterocycles. The average Bonchev–Trinajstić information content (AvgIpc) is 2.92. The monoisotopic (exact) mass is 349 g/mol. The van der Waals surface area contributed by atoms with Crippen molar-refractivity contribution in [2.24, 2.45) is 0 Å². The molecule has 118 valence electrons. The van der Waals surface area contributed by atoms with Gasteiger partial charge in [-0.05, 0) is 23.8 Å². The maximum Gasteiger partial charge on any atom is 0.247 e. The van der Waals surface area contributed by atoms with E-state index in [0.717, 1.165) is 11.1 Å². The normalized spacial score (nSPS) is 13.6. The fourth-order valence-electron chi connectivity index (χ4n) is 2.34. The van der Waals surface area contributed by atoms with Crippen molar-refractivity contribution in [1.82, 2.24) is 14.9 Å². The fraction of sp³-hybridized carbons (Fsp3) is 0.133. The van der Waals surface area contributed by atoms with E-state index in [4.69, 9.17) is 34.7 Å². The molecule has 8 heteroatoms. The Balaban J connectivity index is 1.74. The minimum atomic E-state index is -0.160. The van der Waals surface area contributed by atoms with Crippen LogP contribution in [0.25, 0.3) is 6.08 Å². The van der Waals surface area contributed by atoms with Crippen molar-refractivity contribution >= 4 is 47.0 Å². The molecule has 1 aromatic heterocycles. The molecule has 0 radical (unpaired) electrons. The van der Waals surface area contributed by atoms with Gasteiger partial charge >= 0.3 is 0 Å². The number of nitrogens with two attached hydrogens (primary N) is 2. The number of carbonyl (C=O) groups excluding carboxylic acids is 1. The van der Waals surface area contributed by atoms with E-state index in [0.29, 0.717) is 34.6 Å². The Morgan fingerprint density at radius 3 is 2.70 bits per heavy atom. The molecule has 0 spiro atoms. The summed E-state index contributed by atoms with van der Waals surface area (Å²) in [5, 5.41) is 0.908. The lowest BCUT2D eigenvalue weighted by Crippen LogP contribution is -2.23. The first-order chi connectivity index (χ1) is 10.9. The Morgan fingerprint density at radius 1 is 1.17 bits per heavy atom. The Hall–Kier alpha value is -2.31. The summed E-state index contributed by atoms with van der Waals surface area (Å²) in [7, 11) is 0. The maximum atomic E-state index is 12.3. The van der Waals surface area contributed by atoms with E-state index in [1.807, 2.05) is 0 Å². The first-order valence-corrected chi connectivity index (χ1v) is 7.52. The standard InChI is InChI=1S/C15H13Cl2N5O/c16-10-3-1-8(5-11(10)17)2-4-13(23)22-6-9-12(7-22)20-15(19)21-14(9)18/h1-5H,6-7H2,(H4,18,19,20,21)/b4-2+. The van der Waals surface area contributed by atoms with E-state index in [1.54, 1.807) is 29.2 Å². The van der Waals surface area contributed by atoms with Crippen LogP contribution < -0.4 is 11.5 Å². The molecule has 1 amide bonds. The number of fused-ring (bicyclic) bond motifs is 1. The van der Waals surface area contributed by atoms with Gasteiger partial charge in [0.15, 0.2) is 0 Å². The number of aromatic nitrogens is 2. The van der Waals surface area contributed by atoms with Crippen LogP contribution in [0.3, 0.4) is 0 Å². The largest absolute Gasteiger partial charge is 0.383 e. The zero-order valence-corrected chi connectivity index (χ0v) is 13.5. The molecule has 4 N–H and O–H groups in total. The summed E-state index contributed by atoms with van der Waals surface area (Å²) < 4.78 is 0. The molecule has 0 aliphatic carbocycles. The Morgan fingerprint density at radius 2 is 1.96 bits per heavy atom. The second kappa shape index (κ2) is 6.06. The lowest BCUT2D eigenvalue weighted by atomic mass is 10.2. The van der Waals surface area contributed by atoms with Crippen LogP contribution in [0.15, 0.2) is 24.3 Å². The molecule has 6 nitrogen and oxygen atoms in total. The van der Waals surface area contributed by atoms with Gasteiger partial charge in [0.05, 0.1) is 28.8 Å². The predicted octanol–water partition coefficient (Wildman–Crippen LogP) is 2.50. The number of hydrogen-bond acceptors (Lipinski definition) is 5. The van der Waals surface area contributed by atoms with Gasteiger partial charge in [-0.25, -0.2) is 4.98 Å². The maximum absolute atomic E-state index is 12.3. The van der Waals surface area contributed by atoms with Gasteiger partial charge in [-0.1, -0.05) is 29.3 Å². The molecule has 23 heavy (non-hydrogen) atoms. The van der Waals surface area contributed by atoms with Crippen molar-refractivity contribution < 1.29 is 4.79 Å². The number of amides is 1. The number of carbonyl (C=O) groups is 1. The molecule has 0 unspecified atom stereocenters. The number of hydrogen-bond donors (Lipinski definition) is 2. The van der Waals surface area contributed by atoms with E-state index >= 15 is 0 Å². The minimum absolute atomic E-state index is 0.113. The molecule has 0 fully saturated rings. The van der Waals surface area contributed by atoms with E-state index < -0.39 is 0 Å². The zero-order valence-electron chi connectivity index (χ0n) is 12.0. The highest BCUT2D eigenvalue weighted by molar-refractivity contribution is 6.42. The minimum Gasteiger partial charge on any atom is -0.383 e. The molecule has 0 atom stereocenters. The van der Waals surface area contributed by atoms with E-state index in [1.165, 1.54) is 6.08 Å². The quantitative estimate of drug-likeness (QED) is 0.811. The molecule has 3 rings (SSSR count). The summed E-state index contributed by atoms with van der Waals surface area (Å²) in [6.07, 6.45) is 3.15. The van der Waals surface area contributed by atoms with E-state index in [9.17, 15) is 4.79 Å². The summed E-state index contributed by atoms with van der Waals surface area (Å²) in [6.45, 7) is 0.725. The van der Waals surface area contributed by atoms with Gasteiger partial charge in [-0.2, -0.15) is 4.98 Å². The summed E-state index contributed by atoms with van der Waals surface area (Å²) >= 11 is 11.8. The second-order valence-corrected chi connectivity index (χ2v) is 5.91. The van der Waals surface area contributed by atoms with Crippen molar-refractivity contribution in [3.05, 3.63) is 51.1 Å². The van der Waals surface area contributed by atoms with E-state index in [2.05, 4.69) is 9.97 Å². The van der Waals surface area contributed by atoms with Crippen molar-refractivity contribution in [1.29, 1.82) is 0 Å². The van der Waals surface area contributed by atoms with Crippen LogP contribution in [0.1, 0.15) is 16.8 Å². The lowest BCUT2D eigenvalue weighted by molar-refractivity contribution is -0.126. The van der Waals surface area contributed by atoms with Crippen LogP contribution in [-0.2, 0) is 17.9 Å². The number of benzene rings is 1. The van der Waals surface area contributed by atoms with Crippen LogP contribution in [0.5, 0.6) is 0 Å². The van der Waals surface area contributed by atoms with Crippen LogP contribution in [0, 0.1) is 0 Å². The lowest BCUT2D eigenvalue weighted by Gasteiger charge is -2.11. The van der Waals surface area contributed by atoms with Gasteiger partial charge in [-0.3, -0.25) is 4.79 Å². The average molecular weight is 350 g/mol. The SMILES string of the molecule is Nc1nc(N)c2c(n1)CN(C(=O)/C=C/c1ccc(Cl)c(Cl)c1)C2. The third kappa shape index (κ3) is 3.23. The third-order valence-electron chi connectivity index (χ3n) is 3.51. The van der Waals surface area contributed by atoms with Gasteiger partial charge in [0.25, 0.3) is 0 Å². The molecule has 2 aromatic rings.